The Morgan fingerprint density at radius 2 is 2.04 bits per heavy atom. The van der Waals surface area contributed by atoms with Crippen LogP contribution in [0.4, 0.5) is 0 Å². The summed E-state index contributed by atoms with van der Waals surface area (Å²) in [7, 11) is 2.15. The van der Waals surface area contributed by atoms with Crippen LogP contribution in [-0.2, 0) is 39.0 Å². The van der Waals surface area contributed by atoms with Gasteiger partial charge in [-0.2, -0.15) is 5.10 Å². The second-order valence-corrected chi connectivity index (χ2v) is 7.48. The van der Waals surface area contributed by atoms with Crippen LogP contribution in [0.15, 0.2) is 10.6 Å². The van der Waals surface area contributed by atoms with E-state index in [0.29, 0.717) is 0 Å². The van der Waals surface area contributed by atoms with Gasteiger partial charge in [-0.15, -0.1) is 0 Å². The van der Waals surface area contributed by atoms with Crippen molar-refractivity contribution in [2.75, 3.05) is 20.1 Å². The van der Waals surface area contributed by atoms with E-state index >= 15 is 0 Å². The lowest BCUT2D eigenvalue weighted by atomic mass is 9.96. The molecule has 6 heteroatoms. The van der Waals surface area contributed by atoms with E-state index < -0.39 is 0 Å². The maximum Gasteiger partial charge on any atom is 0.140 e. The van der Waals surface area contributed by atoms with Crippen molar-refractivity contribution in [3.8, 4) is 0 Å². The summed E-state index contributed by atoms with van der Waals surface area (Å²) in [5.74, 6) is 1.11. The highest BCUT2D eigenvalue weighted by Gasteiger charge is 2.21. The number of hydrogen-bond donors (Lipinski definition) is 0. The van der Waals surface area contributed by atoms with Gasteiger partial charge in [0.25, 0.3) is 0 Å². The lowest BCUT2D eigenvalue weighted by Gasteiger charge is -2.16. The van der Waals surface area contributed by atoms with Crippen LogP contribution in [0.5, 0.6) is 0 Å². The number of rotatable bonds is 5. The minimum absolute atomic E-state index is 0.835. The number of aryl methyl sites for hydroxylation is 2. The molecule has 0 unspecified atom stereocenters. The van der Waals surface area contributed by atoms with Crippen LogP contribution >= 0.6 is 0 Å². The summed E-state index contributed by atoms with van der Waals surface area (Å²) < 4.78 is 7.75. The Kier molecular flexibility index (Phi) is 4.90. The SMILES string of the molecule is CCN1CCCn2nc(CN(C)Cc3noc4c3CCCC4)cc2C1. The molecular weight excluding hydrogens is 314 g/mol. The fraction of sp³-hybridized carbons (Fsp3) is 0.684. The monoisotopic (exact) mass is 343 g/mol. The van der Waals surface area contributed by atoms with Crippen LogP contribution < -0.4 is 0 Å². The molecule has 1 aliphatic heterocycles. The Balaban J connectivity index is 1.41. The number of hydrogen-bond acceptors (Lipinski definition) is 5. The molecule has 4 rings (SSSR count). The first kappa shape index (κ1) is 16.8. The molecule has 0 amide bonds. The van der Waals surface area contributed by atoms with E-state index in [-0.39, 0.29) is 0 Å². The van der Waals surface area contributed by atoms with Crippen LogP contribution in [0.25, 0.3) is 0 Å². The molecule has 0 spiro atoms. The molecule has 136 valence electrons. The summed E-state index contributed by atoms with van der Waals surface area (Å²) in [4.78, 5) is 4.79. The van der Waals surface area contributed by atoms with Crippen LogP contribution in [0, 0.1) is 0 Å². The highest BCUT2D eigenvalue weighted by atomic mass is 16.5. The first-order chi connectivity index (χ1) is 12.2. The molecule has 6 nitrogen and oxygen atoms in total. The molecule has 2 aromatic rings. The van der Waals surface area contributed by atoms with Gasteiger partial charge < -0.3 is 4.52 Å². The predicted molar refractivity (Wildman–Crippen MR) is 96.1 cm³/mol. The molecular formula is C19H29N5O. The maximum atomic E-state index is 5.54. The van der Waals surface area contributed by atoms with Gasteiger partial charge in [-0.1, -0.05) is 12.1 Å². The van der Waals surface area contributed by atoms with E-state index in [4.69, 9.17) is 9.62 Å². The zero-order valence-electron chi connectivity index (χ0n) is 15.5. The van der Waals surface area contributed by atoms with Crippen LogP contribution in [-0.4, -0.2) is 44.9 Å². The molecule has 1 aliphatic carbocycles. The van der Waals surface area contributed by atoms with E-state index in [9.17, 15) is 0 Å². The number of nitrogens with zero attached hydrogens (tertiary/aromatic N) is 5. The predicted octanol–water partition coefficient (Wildman–Crippen LogP) is 2.61. The molecule has 2 aromatic heterocycles. The maximum absolute atomic E-state index is 5.54. The Hall–Kier alpha value is -1.66. The normalized spacial score (nSPS) is 18.2. The standard InChI is InChI=1S/C19H29N5O/c1-3-23-9-6-10-24-16(13-23)11-15(20-24)12-22(2)14-18-17-7-4-5-8-19(17)25-21-18/h11H,3-10,12-14H2,1-2H3. The zero-order chi connectivity index (χ0) is 17.2. The fourth-order valence-electron chi connectivity index (χ4n) is 4.10. The van der Waals surface area contributed by atoms with Gasteiger partial charge in [0.15, 0.2) is 0 Å². The topological polar surface area (TPSA) is 50.3 Å². The van der Waals surface area contributed by atoms with Crippen molar-refractivity contribution in [2.24, 2.45) is 0 Å². The van der Waals surface area contributed by atoms with Gasteiger partial charge in [-0.25, -0.2) is 0 Å². The van der Waals surface area contributed by atoms with Crippen molar-refractivity contribution in [3.63, 3.8) is 0 Å². The highest BCUT2D eigenvalue weighted by molar-refractivity contribution is 5.25. The third-order valence-electron chi connectivity index (χ3n) is 5.47. The number of fused-ring (bicyclic) bond motifs is 2. The first-order valence-corrected chi connectivity index (χ1v) is 9.65. The van der Waals surface area contributed by atoms with Gasteiger partial charge in [-0.3, -0.25) is 14.5 Å². The van der Waals surface area contributed by atoms with Crippen molar-refractivity contribution >= 4 is 0 Å². The molecule has 0 bridgehead atoms. The van der Waals surface area contributed by atoms with E-state index in [2.05, 4.69) is 39.7 Å². The molecule has 0 saturated heterocycles. The molecule has 25 heavy (non-hydrogen) atoms. The van der Waals surface area contributed by atoms with Crippen molar-refractivity contribution in [2.45, 2.75) is 65.2 Å². The largest absolute Gasteiger partial charge is 0.361 e. The van der Waals surface area contributed by atoms with Gasteiger partial charge in [0.05, 0.1) is 11.4 Å². The van der Waals surface area contributed by atoms with E-state index in [1.807, 2.05) is 0 Å². The first-order valence-electron chi connectivity index (χ1n) is 9.65. The van der Waals surface area contributed by atoms with Crippen molar-refractivity contribution < 1.29 is 4.52 Å². The van der Waals surface area contributed by atoms with Gasteiger partial charge in [-0.05, 0) is 45.3 Å². The van der Waals surface area contributed by atoms with Gasteiger partial charge >= 0.3 is 0 Å². The summed E-state index contributed by atoms with van der Waals surface area (Å²) in [5.41, 5.74) is 4.99. The van der Waals surface area contributed by atoms with Crippen molar-refractivity contribution in [3.05, 3.63) is 34.5 Å². The van der Waals surface area contributed by atoms with Crippen LogP contribution in [0.1, 0.15) is 54.6 Å². The Labute approximate surface area is 149 Å². The Morgan fingerprint density at radius 1 is 1.16 bits per heavy atom. The Morgan fingerprint density at radius 3 is 2.92 bits per heavy atom. The molecule has 0 saturated carbocycles. The summed E-state index contributed by atoms with van der Waals surface area (Å²) in [6.07, 6.45) is 5.84. The third-order valence-corrected chi connectivity index (χ3v) is 5.47. The quantitative estimate of drug-likeness (QED) is 0.835. The van der Waals surface area contributed by atoms with Crippen molar-refractivity contribution in [1.82, 2.24) is 24.7 Å². The average Bonchev–Trinajstić information content (AvgIpc) is 3.13. The Bertz CT molecular complexity index is 719. The number of aromatic nitrogens is 3. The van der Waals surface area contributed by atoms with E-state index in [0.717, 1.165) is 62.7 Å². The minimum atomic E-state index is 0.835. The minimum Gasteiger partial charge on any atom is -0.361 e. The zero-order valence-corrected chi connectivity index (χ0v) is 15.5. The fourth-order valence-corrected chi connectivity index (χ4v) is 4.10. The second-order valence-electron chi connectivity index (χ2n) is 7.48. The highest BCUT2D eigenvalue weighted by Crippen LogP contribution is 2.25. The molecule has 0 radical (unpaired) electrons. The molecule has 0 fully saturated rings. The lowest BCUT2D eigenvalue weighted by molar-refractivity contribution is 0.283. The van der Waals surface area contributed by atoms with E-state index in [1.54, 1.807) is 0 Å². The molecule has 0 N–H and O–H groups in total. The van der Waals surface area contributed by atoms with Crippen LogP contribution in [0.3, 0.4) is 0 Å². The van der Waals surface area contributed by atoms with Crippen molar-refractivity contribution in [1.29, 1.82) is 0 Å². The molecule has 0 atom stereocenters. The second kappa shape index (κ2) is 7.30. The molecule has 3 heterocycles. The van der Waals surface area contributed by atoms with E-state index in [1.165, 1.54) is 37.1 Å². The average molecular weight is 343 g/mol. The molecule has 0 aromatic carbocycles. The smallest absolute Gasteiger partial charge is 0.140 e. The van der Waals surface area contributed by atoms with Gasteiger partial charge in [0, 0.05) is 44.7 Å². The lowest BCUT2D eigenvalue weighted by Crippen LogP contribution is -2.22. The summed E-state index contributed by atoms with van der Waals surface area (Å²) in [5, 5.41) is 9.17. The van der Waals surface area contributed by atoms with Gasteiger partial charge in [0.2, 0.25) is 0 Å². The summed E-state index contributed by atoms with van der Waals surface area (Å²) in [6.45, 7) is 8.26. The summed E-state index contributed by atoms with van der Waals surface area (Å²) in [6, 6.07) is 2.28. The molecule has 2 aliphatic rings. The third kappa shape index (κ3) is 3.65. The van der Waals surface area contributed by atoms with Gasteiger partial charge in [0.1, 0.15) is 11.5 Å². The van der Waals surface area contributed by atoms with Crippen LogP contribution in [0.2, 0.25) is 0 Å². The summed E-state index contributed by atoms with van der Waals surface area (Å²) >= 11 is 0.